The second-order valence-corrected chi connectivity index (χ2v) is 13.8. The quantitative estimate of drug-likeness (QED) is 0.257. The molecule has 10 nitrogen and oxygen atoms in total. The Morgan fingerprint density at radius 1 is 1.15 bits per heavy atom. The molecule has 1 saturated carbocycles. The van der Waals surface area contributed by atoms with E-state index in [4.69, 9.17) is 4.74 Å². The zero-order valence-corrected chi connectivity index (χ0v) is 24.9. The molecule has 1 aliphatic heterocycles. The van der Waals surface area contributed by atoms with Crippen LogP contribution in [-0.4, -0.2) is 67.5 Å². The van der Waals surface area contributed by atoms with Crippen molar-refractivity contribution in [1.82, 2.24) is 14.9 Å². The molecule has 39 heavy (non-hydrogen) atoms. The van der Waals surface area contributed by atoms with E-state index in [0.717, 1.165) is 19.1 Å². The van der Waals surface area contributed by atoms with Gasteiger partial charge in [-0.05, 0) is 64.2 Å². The number of hydrogen-bond donors (Lipinski definition) is 2. The lowest BCUT2D eigenvalue weighted by Gasteiger charge is -2.31. The van der Waals surface area contributed by atoms with Crippen LogP contribution in [0.5, 0.6) is 0 Å². The maximum atomic E-state index is 13.8. The SMILES string of the molecule is C=CCCCC[C@H](NC(=O)OC(C)(C)C)C(=O)N1C[C@H](C)C(C)[C@H]1C(=O)C[C@]1(C(=O)NS(C)(=O)=O)C[C@H]1C=C. The highest BCUT2D eigenvalue weighted by molar-refractivity contribution is 7.89. The number of sulfonamides is 1. The molecule has 1 saturated heterocycles. The molecule has 1 aliphatic carbocycles. The Kier molecular flexibility index (Phi) is 10.6. The second kappa shape index (κ2) is 12.7. The first kappa shape index (κ1) is 32.5. The standard InChI is InChI=1S/C28H45N3O7S/c1-9-11-12-13-14-21(29-26(35)38-27(5,6)7)24(33)31-17-18(3)19(4)23(31)22(32)16-28(15-20(28)10-2)25(34)30-39(8,36)37/h9-10,18-21,23H,1-2,11-17H2,3-8H3,(H,29,35)(H,30,34)/t18-,19?,20+,21-,23-,28+/m0/s1. The normalized spacial score (nSPS) is 27.3. The van der Waals surface area contributed by atoms with E-state index in [1.807, 2.05) is 18.6 Å². The van der Waals surface area contributed by atoms with Gasteiger partial charge in [-0.2, -0.15) is 0 Å². The molecule has 0 aromatic heterocycles. The van der Waals surface area contributed by atoms with Gasteiger partial charge in [0, 0.05) is 13.0 Å². The maximum absolute atomic E-state index is 13.8. The number of nitrogens with zero attached hydrogens (tertiary/aromatic N) is 1. The number of ketones is 1. The third-order valence-corrected chi connectivity index (χ3v) is 8.16. The summed E-state index contributed by atoms with van der Waals surface area (Å²) in [5.74, 6) is -1.95. The van der Waals surface area contributed by atoms with Crippen LogP contribution in [0.1, 0.15) is 73.1 Å². The highest BCUT2D eigenvalue weighted by Gasteiger charge is 2.61. The Morgan fingerprint density at radius 2 is 1.79 bits per heavy atom. The van der Waals surface area contributed by atoms with E-state index >= 15 is 0 Å². The molecule has 1 unspecified atom stereocenters. The number of amides is 3. The van der Waals surface area contributed by atoms with Crippen molar-refractivity contribution in [1.29, 1.82) is 0 Å². The highest BCUT2D eigenvalue weighted by Crippen LogP contribution is 2.57. The van der Waals surface area contributed by atoms with E-state index in [2.05, 4.69) is 18.5 Å². The van der Waals surface area contributed by atoms with E-state index in [1.165, 1.54) is 4.90 Å². The van der Waals surface area contributed by atoms with Crippen molar-refractivity contribution in [3.8, 4) is 0 Å². The van der Waals surface area contributed by atoms with Crippen LogP contribution in [-0.2, 0) is 29.1 Å². The molecule has 3 amide bonds. The summed E-state index contributed by atoms with van der Waals surface area (Å²) >= 11 is 0. The zero-order valence-electron chi connectivity index (χ0n) is 24.1. The molecule has 2 rings (SSSR count). The number of carbonyl (C=O) groups excluding carboxylic acids is 4. The smallest absolute Gasteiger partial charge is 0.408 e. The van der Waals surface area contributed by atoms with E-state index < -0.39 is 45.1 Å². The molecule has 11 heteroatoms. The Morgan fingerprint density at radius 3 is 2.31 bits per heavy atom. The lowest BCUT2D eigenvalue weighted by molar-refractivity contribution is -0.141. The number of nitrogens with one attached hydrogen (secondary N) is 2. The number of alkyl carbamates (subject to hydrolysis) is 1. The number of likely N-dealkylation sites (tertiary alicyclic amines) is 1. The first-order chi connectivity index (χ1) is 18.0. The maximum Gasteiger partial charge on any atom is 0.408 e. The molecule has 0 spiro atoms. The molecule has 0 bridgehead atoms. The summed E-state index contributed by atoms with van der Waals surface area (Å²) in [6.45, 7) is 16.8. The van der Waals surface area contributed by atoms with Gasteiger partial charge in [0.15, 0.2) is 5.78 Å². The summed E-state index contributed by atoms with van der Waals surface area (Å²) in [6.07, 6.45) is 6.21. The van der Waals surface area contributed by atoms with Crippen molar-refractivity contribution in [3.63, 3.8) is 0 Å². The predicted molar refractivity (Wildman–Crippen MR) is 149 cm³/mol. The first-order valence-electron chi connectivity index (χ1n) is 13.5. The highest BCUT2D eigenvalue weighted by atomic mass is 32.2. The number of hydrogen-bond acceptors (Lipinski definition) is 7. The van der Waals surface area contributed by atoms with E-state index in [1.54, 1.807) is 32.9 Å². The molecule has 2 fully saturated rings. The number of allylic oxidation sites excluding steroid dienone is 2. The van der Waals surface area contributed by atoms with Gasteiger partial charge in [-0.15, -0.1) is 13.2 Å². The molecule has 2 aliphatic rings. The van der Waals surface area contributed by atoms with Gasteiger partial charge < -0.3 is 15.0 Å². The third kappa shape index (κ3) is 8.65. The van der Waals surface area contributed by atoms with Gasteiger partial charge in [0.2, 0.25) is 21.8 Å². The number of ether oxygens (including phenoxy) is 1. The van der Waals surface area contributed by atoms with Crippen molar-refractivity contribution in [2.45, 2.75) is 90.8 Å². The predicted octanol–water partition coefficient (Wildman–Crippen LogP) is 3.34. The third-order valence-electron chi connectivity index (χ3n) is 7.61. The van der Waals surface area contributed by atoms with Gasteiger partial charge in [0.1, 0.15) is 11.6 Å². The Bertz CT molecular complexity index is 1080. The number of rotatable bonds is 13. The lowest BCUT2D eigenvalue weighted by atomic mass is 9.86. The van der Waals surface area contributed by atoms with Crippen molar-refractivity contribution < 1.29 is 32.3 Å². The fraction of sp³-hybridized carbons (Fsp3) is 0.714. The minimum absolute atomic E-state index is 0.000966. The van der Waals surface area contributed by atoms with Gasteiger partial charge in [-0.25, -0.2) is 13.2 Å². The van der Waals surface area contributed by atoms with Crippen molar-refractivity contribution >= 4 is 33.7 Å². The lowest BCUT2D eigenvalue weighted by Crippen LogP contribution is -2.53. The van der Waals surface area contributed by atoms with Crippen molar-refractivity contribution in [3.05, 3.63) is 25.3 Å². The number of Topliss-reactive ketones (excluding diaryl/α,β-unsaturated/α-hetero) is 1. The molecule has 2 N–H and O–H groups in total. The van der Waals surface area contributed by atoms with Gasteiger partial charge in [-0.3, -0.25) is 19.1 Å². The molecule has 6 atom stereocenters. The molecular weight excluding hydrogens is 522 g/mol. The molecule has 0 aromatic carbocycles. The van der Waals surface area contributed by atoms with Crippen molar-refractivity contribution in [2.24, 2.45) is 23.2 Å². The summed E-state index contributed by atoms with van der Waals surface area (Å²) in [5.41, 5.74) is -1.95. The van der Waals surface area contributed by atoms with Crippen LogP contribution in [0, 0.1) is 23.2 Å². The van der Waals surface area contributed by atoms with E-state index in [0.29, 0.717) is 25.8 Å². The minimum Gasteiger partial charge on any atom is -0.444 e. The number of carbonyl (C=O) groups is 4. The summed E-state index contributed by atoms with van der Waals surface area (Å²) < 4.78 is 30.8. The van der Waals surface area contributed by atoms with E-state index in [9.17, 15) is 27.6 Å². The summed E-state index contributed by atoms with van der Waals surface area (Å²) in [4.78, 5) is 54.6. The van der Waals surface area contributed by atoms with Gasteiger partial charge in [0.25, 0.3) is 0 Å². The molecule has 0 aromatic rings. The molecular formula is C28H45N3O7S. The van der Waals surface area contributed by atoms with Crippen LogP contribution in [0.2, 0.25) is 0 Å². The second-order valence-electron chi connectivity index (χ2n) is 12.1. The molecule has 220 valence electrons. The summed E-state index contributed by atoms with van der Waals surface area (Å²) in [6, 6.07) is -1.70. The number of unbranched alkanes of at least 4 members (excludes halogenated alkanes) is 2. The van der Waals surface area contributed by atoms with Crippen LogP contribution in [0.3, 0.4) is 0 Å². The van der Waals surface area contributed by atoms with Crippen LogP contribution in [0.15, 0.2) is 25.3 Å². The van der Waals surface area contributed by atoms with E-state index in [-0.39, 0.29) is 35.9 Å². The van der Waals surface area contributed by atoms with Crippen LogP contribution in [0.4, 0.5) is 4.79 Å². The average Bonchev–Trinajstić information content (AvgIpc) is 3.43. The van der Waals surface area contributed by atoms with Crippen LogP contribution in [0.25, 0.3) is 0 Å². The fourth-order valence-corrected chi connectivity index (χ4v) is 5.84. The topological polar surface area (TPSA) is 139 Å². The Hall–Kier alpha value is -2.69. The van der Waals surface area contributed by atoms with Gasteiger partial charge in [0.05, 0.1) is 17.7 Å². The molecule has 1 heterocycles. The summed E-state index contributed by atoms with van der Waals surface area (Å²) in [5, 5.41) is 2.70. The first-order valence-corrected chi connectivity index (χ1v) is 15.4. The Labute approximate surface area is 233 Å². The fourth-order valence-electron chi connectivity index (χ4n) is 5.30. The largest absolute Gasteiger partial charge is 0.444 e. The zero-order chi connectivity index (χ0) is 29.8. The Balaban J connectivity index is 2.29. The van der Waals surface area contributed by atoms with Crippen molar-refractivity contribution in [2.75, 3.05) is 12.8 Å². The summed E-state index contributed by atoms with van der Waals surface area (Å²) in [7, 11) is -3.81. The molecule has 0 radical (unpaired) electrons. The monoisotopic (exact) mass is 567 g/mol. The van der Waals surface area contributed by atoms with Crippen LogP contribution < -0.4 is 10.0 Å². The minimum atomic E-state index is -3.81. The average molecular weight is 568 g/mol. The van der Waals surface area contributed by atoms with Crippen LogP contribution >= 0.6 is 0 Å². The van der Waals surface area contributed by atoms with Gasteiger partial charge >= 0.3 is 6.09 Å². The van der Waals surface area contributed by atoms with Gasteiger partial charge in [-0.1, -0.05) is 32.4 Å².